The van der Waals surface area contributed by atoms with Gasteiger partial charge in [-0.3, -0.25) is 9.59 Å². The molecule has 88 valence electrons. The summed E-state index contributed by atoms with van der Waals surface area (Å²) in [5.41, 5.74) is 0. The quantitative estimate of drug-likeness (QED) is 0.698. The Balaban J connectivity index is 3.63. The van der Waals surface area contributed by atoms with E-state index in [1.165, 1.54) is 0 Å². The summed E-state index contributed by atoms with van der Waals surface area (Å²) in [7, 11) is 0. The van der Waals surface area contributed by atoms with Crippen LogP contribution >= 0.6 is 11.8 Å². The summed E-state index contributed by atoms with van der Waals surface area (Å²) in [6.45, 7) is 8.33. The lowest BCUT2D eigenvalue weighted by molar-refractivity contribution is -0.113. The third-order valence-corrected chi connectivity index (χ3v) is 2.94. The molecular formula is C12H22O2S. The lowest BCUT2D eigenvalue weighted by Gasteiger charge is -2.04. The van der Waals surface area contributed by atoms with E-state index >= 15 is 0 Å². The van der Waals surface area contributed by atoms with Crippen LogP contribution in [0.3, 0.4) is 0 Å². The van der Waals surface area contributed by atoms with Crippen LogP contribution in [-0.2, 0) is 9.59 Å². The molecule has 3 heteroatoms. The zero-order chi connectivity index (χ0) is 11.8. The van der Waals surface area contributed by atoms with E-state index in [0.717, 1.165) is 24.6 Å². The van der Waals surface area contributed by atoms with Gasteiger partial charge in [0.1, 0.15) is 0 Å². The average Bonchev–Trinajstić information content (AvgIpc) is 2.11. The molecule has 0 atom stereocenters. The monoisotopic (exact) mass is 230 g/mol. The molecule has 0 radical (unpaired) electrons. The number of thioether (sulfide) groups is 1. The molecule has 0 fully saturated rings. The van der Waals surface area contributed by atoms with Gasteiger partial charge in [-0.25, -0.2) is 0 Å². The van der Waals surface area contributed by atoms with E-state index in [1.54, 1.807) is 0 Å². The third-order valence-electron chi connectivity index (χ3n) is 2.08. The Morgan fingerprint density at radius 3 is 1.47 bits per heavy atom. The van der Waals surface area contributed by atoms with Crippen LogP contribution < -0.4 is 0 Å². The largest absolute Gasteiger partial charge is 0.287 e. The molecule has 2 nitrogen and oxygen atoms in total. The fourth-order valence-corrected chi connectivity index (χ4v) is 1.74. The lowest BCUT2D eigenvalue weighted by atomic mass is 10.1. The zero-order valence-electron chi connectivity index (χ0n) is 10.2. The second-order valence-electron chi connectivity index (χ2n) is 4.71. The molecule has 0 heterocycles. The van der Waals surface area contributed by atoms with Gasteiger partial charge in [0.15, 0.2) is 10.2 Å². The van der Waals surface area contributed by atoms with Crippen molar-refractivity contribution in [2.45, 2.75) is 53.4 Å². The van der Waals surface area contributed by atoms with E-state index in [4.69, 9.17) is 0 Å². The predicted octanol–water partition coefficient (Wildman–Crippen LogP) is 3.65. The highest BCUT2D eigenvalue weighted by molar-refractivity contribution is 8.26. The summed E-state index contributed by atoms with van der Waals surface area (Å²) >= 11 is 0.906. The first-order chi connectivity index (χ1) is 6.91. The van der Waals surface area contributed by atoms with Crippen molar-refractivity contribution in [2.24, 2.45) is 11.8 Å². The standard InChI is InChI=1S/C12H22O2S/c1-9(2)5-7-11(13)15-12(14)8-6-10(3)4/h9-10H,5-8H2,1-4H3. The first kappa shape index (κ1) is 14.7. The van der Waals surface area contributed by atoms with Crippen LogP contribution in [0, 0.1) is 11.8 Å². The van der Waals surface area contributed by atoms with Gasteiger partial charge < -0.3 is 0 Å². The topological polar surface area (TPSA) is 34.1 Å². The van der Waals surface area contributed by atoms with Crippen molar-refractivity contribution in [3.8, 4) is 0 Å². The molecule has 0 aromatic rings. The van der Waals surface area contributed by atoms with Gasteiger partial charge in [-0.15, -0.1) is 0 Å². The Hall–Kier alpha value is -0.310. The van der Waals surface area contributed by atoms with Crippen LogP contribution in [0.4, 0.5) is 0 Å². The van der Waals surface area contributed by atoms with Gasteiger partial charge in [-0.2, -0.15) is 0 Å². The summed E-state index contributed by atoms with van der Waals surface area (Å²) in [5.74, 6) is 1.06. The van der Waals surface area contributed by atoms with Crippen LogP contribution in [-0.4, -0.2) is 10.2 Å². The van der Waals surface area contributed by atoms with Crippen molar-refractivity contribution in [3.63, 3.8) is 0 Å². The molecule has 0 amide bonds. The van der Waals surface area contributed by atoms with Gasteiger partial charge in [0.25, 0.3) is 0 Å². The molecule has 0 aliphatic carbocycles. The fraction of sp³-hybridized carbons (Fsp3) is 0.833. The second kappa shape index (κ2) is 7.91. The SMILES string of the molecule is CC(C)CCC(=O)SC(=O)CCC(C)C. The van der Waals surface area contributed by atoms with Crippen LogP contribution in [0.25, 0.3) is 0 Å². The van der Waals surface area contributed by atoms with E-state index in [9.17, 15) is 9.59 Å². The Labute approximate surface area is 97.2 Å². The summed E-state index contributed by atoms with van der Waals surface area (Å²) in [6.07, 6.45) is 2.80. The van der Waals surface area contributed by atoms with Gasteiger partial charge in [0.05, 0.1) is 0 Å². The highest BCUT2D eigenvalue weighted by Crippen LogP contribution is 2.16. The minimum absolute atomic E-state index is 0.0254. The number of carbonyl (C=O) groups is 2. The normalized spacial score (nSPS) is 11.1. The van der Waals surface area contributed by atoms with E-state index in [1.807, 2.05) is 0 Å². The van der Waals surface area contributed by atoms with Gasteiger partial charge >= 0.3 is 0 Å². The Bertz CT molecular complexity index is 188. The molecule has 0 aliphatic rings. The molecule has 0 N–H and O–H groups in total. The van der Waals surface area contributed by atoms with Crippen molar-refractivity contribution in [2.75, 3.05) is 0 Å². The first-order valence-corrected chi connectivity index (χ1v) is 6.47. The molecule has 0 aromatic carbocycles. The zero-order valence-corrected chi connectivity index (χ0v) is 11.0. The maximum atomic E-state index is 11.3. The van der Waals surface area contributed by atoms with Crippen LogP contribution in [0.2, 0.25) is 0 Å². The maximum absolute atomic E-state index is 11.3. The third kappa shape index (κ3) is 9.98. The molecule has 0 bridgehead atoms. The molecular weight excluding hydrogens is 208 g/mol. The Kier molecular flexibility index (Phi) is 7.75. The van der Waals surface area contributed by atoms with E-state index < -0.39 is 0 Å². The van der Waals surface area contributed by atoms with Crippen molar-refractivity contribution in [1.29, 1.82) is 0 Å². The predicted molar refractivity (Wildman–Crippen MR) is 65.7 cm³/mol. The Morgan fingerprint density at radius 1 is 0.867 bits per heavy atom. The van der Waals surface area contributed by atoms with E-state index in [-0.39, 0.29) is 10.2 Å². The molecule has 15 heavy (non-hydrogen) atoms. The Morgan fingerprint density at radius 2 is 1.20 bits per heavy atom. The van der Waals surface area contributed by atoms with Crippen molar-refractivity contribution in [3.05, 3.63) is 0 Å². The highest BCUT2D eigenvalue weighted by atomic mass is 32.2. The van der Waals surface area contributed by atoms with E-state index in [2.05, 4.69) is 27.7 Å². The molecule has 0 saturated carbocycles. The average molecular weight is 230 g/mol. The van der Waals surface area contributed by atoms with Gasteiger partial charge in [-0.1, -0.05) is 27.7 Å². The lowest BCUT2D eigenvalue weighted by Crippen LogP contribution is -2.02. The smallest absolute Gasteiger partial charge is 0.196 e. The summed E-state index contributed by atoms with van der Waals surface area (Å²) in [5, 5.41) is 0.0508. The van der Waals surface area contributed by atoms with Gasteiger partial charge in [-0.05, 0) is 36.4 Å². The second-order valence-corrected chi connectivity index (χ2v) is 5.83. The molecule has 0 rings (SSSR count). The van der Waals surface area contributed by atoms with Crippen LogP contribution in [0.1, 0.15) is 53.4 Å². The van der Waals surface area contributed by atoms with Crippen molar-refractivity contribution < 1.29 is 9.59 Å². The van der Waals surface area contributed by atoms with Crippen molar-refractivity contribution >= 4 is 22.0 Å². The van der Waals surface area contributed by atoms with Gasteiger partial charge in [0.2, 0.25) is 0 Å². The first-order valence-electron chi connectivity index (χ1n) is 5.65. The number of carbonyl (C=O) groups excluding carboxylic acids is 2. The maximum Gasteiger partial charge on any atom is 0.196 e. The molecule has 0 unspecified atom stereocenters. The molecule has 0 spiro atoms. The summed E-state index contributed by atoms with van der Waals surface area (Å²) in [4.78, 5) is 22.7. The fourth-order valence-electron chi connectivity index (χ4n) is 1.04. The van der Waals surface area contributed by atoms with Gasteiger partial charge in [0, 0.05) is 12.8 Å². The number of hydrogen-bond acceptors (Lipinski definition) is 3. The van der Waals surface area contributed by atoms with Crippen molar-refractivity contribution in [1.82, 2.24) is 0 Å². The van der Waals surface area contributed by atoms with E-state index in [0.29, 0.717) is 24.7 Å². The minimum atomic E-state index is 0.0254. The van der Waals surface area contributed by atoms with Crippen LogP contribution in [0.15, 0.2) is 0 Å². The highest BCUT2D eigenvalue weighted by Gasteiger charge is 2.11. The number of hydrogen-bond donors (Lipinski definition) is 0. The molecule has 0 aliphatic heterocycles. The summed E-state index contributed by atoms with van der Waals surface area (Å²) in [6, 6.07) is 0. The summed E-state index contributed by atoms with van der Waals surface area (Å²) < 4.78 is 0. The molecule has 0 aromatic heterocycles. The molecule has 0 saturated heterocycles. The minimum Gasteiger partial charge on any atom is -0.287 e. The number of rotatable bonds is 6. The van der Waals surface area contributed by atoms with Crippen LogP contribution in [0.5, 0.6) is 0 Å².